The molecule has 1 atom stereocenters. The zero-order valence-electron chi connectivity index (χ0n) is 21.8. The number of fused-ring (bicyclic) bond motifs is 2. The van der Waals surface area contributed by atoms with Gasteiger partial charge < -0.3 is 20.1 Å². The fraction of sp³-hybridized carbons (Fsp3) is 0.300. The molecule has 2 fully saturated rings. The van der Waals surface area contributed by atoms with Crippen molar-refractivity contribution in [3.05, 3.63) is 86.4 Å². The number of morpholine rings is 1. The van der Waals surface area contributed by atoms with Gasteiger partial charge in [-0.1, -0.05) is 59.1 Å². The lowest BCUT2D eigenvalue weighted by Gasteiger charge is -2.29. The smallest absolute Gasteiger partial charge is 0.326 e. The van der Waals surface area contributed by atoms with Gasteiger partial charge >= 0.3 is 5.97 Å². The SMILES string of the molecule is O=C(N[C@@H](Cc1ccc(N2C(=O)C3(CC3)c3cccc(Cl)c32)cc1)C(=O)O)c1c(Cl)cc(N2CCOCC2)cc1Cl. The van der Waals surface area contributed by atoms with Crippen LogP contribution in [0.3, 0.4) is 0 Å². The molecule has 3 aromatic rings. The molecule has 3 aliphatic rings. The van der Waals surface area contributed by atoms with Crippen LogP contribution in [0.5, 0.6) is 0 Å². The minimum atomic E-state index is -1.24. The molecule has 2 aliphatic heterocycles. The van der Waals surface area contributed by atoms with Gasteiger partial charge in [0.1, 0.15) is 6.04 Å². The lowest BCUT2D eigenvalue weighted by atomic mass is 9.98. The van der Waals surface area contributed by atoms with E-state index in [1.54, 1.807) is 47.4 Å². The molecule has 6 rings (SSSR count). The maximum Gasteiger partial charge on any atom is 0.326 e. The summed E-state index contributed by atoms with van der Waals surface area (Å²) in [4.78, 5) is 42.3. The Balaban J connectivity index is 1.18. The van der Waals surface area contributed by atoms with Gasteiger partial charge in [-0.2, -0.15) is 0 Å². The largest absolute Gasteiger partial charge is 0.480 e. The molecule has 8 nitrogen and oxygen atoms in total. The summed E-state index contributed by atoms with van der Waals surface area (Å²) in [5.74, 6) is -1.88. The summed E-state index contributed by atoms with van der Waals surface area (Å²) in [5.41, 5.74) is 3.24. The first kappa shape index (κ1) is 27.8. The Morgan fingerprint density at radius 3 is 2.22 bits per heavy atom. The molecule has 0 bridgehead atoms. The number of carboxylic acids is 1. The second kappa shape index (κ2) is 10.8. The lowest BCUT2D eigenvalue weighted by Crippen LogP contribution is -2.42. The average molecular weight is 615 g/mol. The van der Waals surface area contributed by atoms with Gasteiger partial charge in [0.2, 0.25) is 5.91 Å². The second-order valence-corrected chi connectivity index (χ2v) is 11.7. The number of para-hydroxylation sites is 1. The first-order chi connectivity index (χ1) is 19.7. The Bertz CT molecular complexity index is 1530. The summed E-state index contributed by atoms with van der Waals surface area (Å²) in [5, 5.41) is 13.2. The number of halogens is 3. The normalized spacial score (nSPS) is 17.9. The highest BCUT2D eigenvalue weighted by Gasteiger charge is 2.60. The van der Waals surface area contributed by atoms with Crippen LogP contribution >= 0.6 is 34.8 Å². The number of amides is 2. The minimum absolute atomic E-state index is 0.00239. The summed E-state index contributed by atoms with van der Waals surface area (Å²) < 4.78 is 5.38. The maximum atomic E-state index is 13.4. The predicted molar refractivity (Wildman–Crippen MR) is 158 cm³/mol. The fourth-order valence-electron chi connectivity index (χ4n) is 5.64. The number of rotatable bonds is 7. The topological polar surface area (TPSA) is 99.2 Å². The Morgan fingerprint density at radius 1 is 0.951 bits per heavy atom. The van der Waals surface area contributed by atoms with Gasteiger partial charge in [0.15, 0.2) is 0 Å². The van der Waals surface area contributed by atoms with E-state index in [1.165, 1.54) is 0 Å². The van der Waals surface area contributed by atoms with Crippen LogP contribution in [-0.2, 0) is 26.2 Å². The highest BCUT2D eigenvalue weighted by molar-refractivity contribution is 6.40. The zero-order chi connectivity index (χ0) is 28.9. The summed E-state index contributed by atoms with van der Waals surface area (Å²) in [6.07, 6.45) is 1.59. The van der Waals surface area contributed by atoms with Crippen molar-refractivity contribution in [2.75, 3.05) is 36.1 Å². The quantitative estimate of drug-likeness (QED) is 0.359. The van der Waals surface area contributed by atoms with Crippen molar-refractivity contribution in [1.29, 1.82) is 0 Å². The summed E-state index contributed by atoms with van der Waals surface area (Å²) in [7, 11) is 0. The van der Waals surface area contributed by atoms with E-state index in [1.807, 2.05) is 12.1 Å². The van der Waals surface area contributed by atoms with Crippen LogP contribution in [0, 0.1) is 0 Å². The summed E-state index contributed by atoms with van der Waals surface area (Å²) >= 11 is 19.4. The van der Waals surface area contributed by atoms with E-state index >= 15 is 0 Å². The molecule has 0 unspecified atom stereocenters. The molecule has 1 saturated heterocycles. The van der Waals surface area contributed by atoms with Crippen LogP contribution in [0.2, 0.25) is 15.1 Å². The van der Waals surface area contributed by atoms with E-state index in [4.69, 9.17) is 39.5 Å². The number of hydrogen-bond acceptors (Lipinski definition) is 5. The fourth-order valence-corrected chi connectivity index (χ4v) is 6.55. The molecule has 3 aromatic carbocycles. The first-order valence-electron chi connectivity index (χ1n) is 13.3. The highest BCUT2D eigenvalue weighted by atomic mass is 35.5. The number of nitrogens with zero attached hydrogens (tertiary/aromatic N) is 2. The summed E-state index contributed by atoms with van der Waals surface area (Å²) in [6.45, 7) is 2.50. The number of carboxylic acid groups (broad SMARTS) is 1. The molecule has 41 heavy (non-hydrogen) atoms. The zero-order valence-corrected chi connectivity index (χ0v) is 24.1. The van der Waals surface area contributed by atoms with E-state index in [0.29, 0.717) is 48.3 Å². The number of carbonyl (C=O) groups excluding carboxylic acids is 2. The number of hydrogen-bond donors (Lipinski definition) is 2. The van der Waals surface area contributed by atoms with E-state index in [0.717, 1.165) is 24.1 Å². The summed E-state index contributed by atoms with van der Waals surface area (Å²) in [6, 6.07) is 14.7. The van der Waals surface area contributed by atoms with Gasteiger partial charge in [0.25, 0.3) is 5.91 Å². The molecule has 0 aromatic heterocycles. The van der Waals surface area contributed by atoms with Crippen molar-refractivity contribution in [1.82, 2.24) is 5.32 Å². The van der Waals surface area contributed by atoms with Crippen LogP contribution in [0.15, 0.2) is 54.6 Å². The maximum absolute atomic E-state index is 13.4. The van der Waals surface area contributed by atoms with E-state index in [9.17, 15) is 19.5 Å². The van der Waals surface area contributed by atoms with Gasteiger partial charge in [-0.25, -0.2) is 4.79 Å². The van der Waals surface area contributed by atoms with E-state index in [2.05, 4.69) is 10.2 Å². The third-order valence-electron chi connectivity index (χ3n) is 7.96. The third kappa shape index (κ3) is 5.03. The van der Waals surface area contributed by atoms with Gasteiger partial charge in [0.05, 0.1) is 44.9 Å². The lowest BCUT2D eigenvalue weighted by molar-refractivity contribution is -0.139. The Labute approximate surface area is 251 Å². The van der Waals surface area contributed by atoms with Crippen molar-refractivity contribution in [2.45, 2.75) is 30.7 Å². The Kier molecular flexibility index (Phi) is 7.36. The standard InChI is InChI=1S/C30H26Cl3N3O5/c31-21-3-1-2-20-26(21)36(29(40)30(20)8-9-30)18-6-4-17(5-7-18)14-24(28(38)39)34-27(37)25-22(32)15-19(16-23(25)33)35-10-12-41-13-11-35/h1-7,15-16,24H,8-14H2,(H,34,37)(H,38,39)/t24-/m0/s1. The van der Waals surface area contributed by atoms with Crippen molar-refractivity contribution >= 4 is 69.6 Å². The minimum Gasteiger partial charge on any atom is -0.480 e. The number of ether oxygens (including phenoxy) is 1. The molecule has 0 radical (unpaired) electrons. The molecule has 1 saturated carbocycles. The van der Waals surface area contributed by atoms with Crippen LogP contribution < -0.4 is 15.1 Å². The van der Waals surface area contributed by atoms with Gasteiger partial charge in [0, 0.05) is 30.9 Å². The molecule has 1 aliphatic carbocycles. The van der Waals surface area contributed by atoms with E-state index < -0.39 is 23.3 Å². The van der Waals surface area contributed by atoms with Crippen LogP contribution in [0.1, 0.15) is 34.3 Å². The Hall–Kier alpha value is -3.30. The van der Waals surface area contributed by atoms with Crippen molar-refractivity contribution < 1.29 is 24.2 Å². The third-order valence-corrected chi connectivity index (χ3v) is 8.86. The van der Waals surface area contributed by atoms with Crippen molar-refractivity contribution in [3.63, 3.8) is 0 Å². The van der Waals surface area contributed by atoms with Gasteiger partial charge in [-0.15, -0.1) is 0 Å². The molecule has 1 spiro atoms. The van der Waals surface area contributed by atoms with Crippen molar-refractivity contribution in [3.8, 4) is 0 Å². The monoisotopic (exact) mass is 613 g/mol. The number of carbonyl (C=O) groups is 3. The molecule has 2 amide bonds. The van der Waals surface area contributed by atoms with Gasteiger partial charge in [-0.3, -0.25) is 14.5 Å². The molecule has 2 N–H and O–H groups in total. The van der Waals surface area contributed by atoms with Gasteiger partial charge in [-0.05, 0) is 54.3 Å². The molecule has 212 valence electrons. The number of anilines is 3. The predicted octanol–water partition coefficient (Wildman–Crippen LogP) is 5.62. The van der Waals surface area contributed by atoms with Crippen molar-refractivity contribution in [2.24, 2.45) is 0 Å². The Morgan fingerprint density at radius 2 is 1.61 bits per heavy atom. The average Bonchev–Trinajstić information content (AvgIpc) is 3.72. The number of nitrogens with one attached hydrogen (secondary N) is 1. The number of aliphatic carboxylic acids is 1. The van der Waals surface area contributed by atoms with E-state index in [-0.39, 0.29) is 27.9 Å². The molecular weight excluding hydrogens is 589 g/mol. The van der Waals surface area contributed by atoms with Crippen LogP contribution in [-0.4, -0.2) is 55.2 Å². The highest BCUT2D eigenvalue weighted by Crippen LogP contribution is 2.60. The molecular formula is C30H26Cl3N3O5. The van der Waals surface area contributed by atoms with Crippen LogP contribution in [0.4, 0.5) is 17.1 Å². The first-order valence-corrected chi connectivity index (χ1v) is 14.4. The second-order valence-electron chi connectivity index (χ2n) is 10.5. The number of benzene rings is 3. The molecule has 11 heteroatoms. The molecule has 2 heterocycles. The van der Waals surface area contributed by atoms with Crippen LogP contribution in [0.25, 0.3) is 0 Å².